The maximum atomic E-state index is 13.6. The minimum Gasteiger partial charge on any atom is -0.326 e. The van der Waals surface area contributed by atoms with Gasteiger partial charge >= 0.3 is 0 Å². The first-order valence-electron chi connectivity index (χ1n) is 7.66. The number of nitrogens with zero attached hydrogens (tertiary/aromatic N) is 2. The summed E-state index contributed by atoms with van der Waals surface area (Å²) in [6, 6.07) is 2.23. The summed E-state index contributed by atoms with van der Waals surface area (Å²) in [5.41, 5.74) is 2.69. The van der Waals surface area contributed by atoms with Gasteiger partial charge in [0.25, 0.3) is 0 Å². The van der Waals surface area contributed by atoms with Crippen molar-refractivity contribution >= 4 is 34.2 Å². The smallest absolute Gasteiger partial charge is 0.228 e. The van der Waals surface area contributed by atoms with E-state index < -0.39 is 11.6 Å². The molecule has 0 aliphatic heterocycles. The summed E-state index contributed by atoms with van der Waals surface area (Å²) in [6.45, 7) is 8.76. The average Bonchev–Trinajstić information content (AvgIpc) is 2.71. The lowest BCUT2D eigenvalue weighted by Crippen LogP contribution is -2.16. The maximum Gasteiger partial charge on any atom is 0.228 e. The number of rotatable bonds is 5. The molecule has 0 aliphatic carbocycles. The van der Waals surface area contributed by atoms with Crippen LogP contribution >= 0.6 is 22.6 Å². The number of anilines is 1. The Balaban J connectivity index is 2.14. The standard InChI is InChI=1S/C17H20F2IN3O/c1-9(2)8-23-11(4)13(10(3)22-23)7-16(24)21-12-5-14(18)17(20)15(19)6-12/h5-6,9H,7-8H2,1-4H3,(H,21,24). The van der Waals surface area contributed by atoms with Crippen molar-refractivity contribution in [2.24, 2.45) is 5.92 Å². The first kappa shape index (κ1) is 18.8. The van der Waals surface area contributed by atoms with Gasteiger partial charge in [-0.2, -0.15) is 5.10 Å². The molecule has 0 bridgehead atoms. The van der Waals surface area contributed by atoms with E-state index in [1.807, 2.05) is 18.5 Å². The van der Waals surface area contributed by atoms with Crippen molar-refractivity contribution in [3.05, 3.63) is 44.3 Å². The minimum atomic E-state index is -0.692. The Labute approximate surface area is 153 Å². The van der Waals surface area contributed by atoms with Crippen LogP contribution in [0, 0.1) is 35.0 Å². The second-order valence-electron chi connectivity index (χ2n) is 6.20. The van der Waals surface area contributed by atoms with Gasteiger partial charge in [0.15, 0.2) is 0 Å². The molecule has 4 nitrogen and oxygen atoms in total. The molecular formula is C17H20F2IN3O. The van der Waals surface area contributed by atoms with Crippen molar-refractivity contribution < 1.29 is 13.6 Å². The van der Waals surface area contributed by atoms with E-state index in [1.54, 1.807) is 22.6 Å². The highest BCUT2D eigenvalue weighted by Crippen LogP contribution is 2.21. The van der Waals surface area contributed by atoms with Crippen LogP contribution in [0.2, 0.25) is 0 Å². The van der Waals surface area contributed by atoms with Gasteiger partial charge in [-0.3, -0.25) is 9.48 Å². The van der Waals surface area contributed by atoms with Crippen LogP contribution in [0.4, 0.5) is 14.5 Å². The highest BCUT2D eigenvalue weighted by molar-refractivity contribution is 14.1. The fourth-order valence-electron chi connectivity index (χ4n) is 2.51. The molecule has 1 N–H and O–H groups in total. The van der Waals surface area contributed by atoms with Crippen LogP contribution in [0.5, 0.6) is 0 Å². The molecule has 0 saturated carbocycles. The Bertz CT molecular complexity index is 748. The fraction of sp³-hybridized carbons (Fsp3) is 0.412. The van der Waals surface area contributed by atoms with Gasteiger partial charge in [0.05, 0.1) is 15.7 Å². The van der Waals surface area contributed by atoms with Gasteiger partial charge in [0, 0.05) is 23.5 Å². The van der Waals surface area contributed by atoms with Gasteiger partial charge in [-0.05, 0) is 54.5 Å². The number of nitrogens with one attached hydrogen (secondary N) is 1. The molecule has 1 aromatic heterocycles. The second kappa shape index (κ2) is 7.58. The quantitative estimate of drug-likeness (QED) is 0.551. The number of halogens is 3. The van der Waals surface area contributed by atoms with E-state index in [9.17, 15) is 13.6 Å². The van der Waals surface area contributed by atoms with Crippen LogP contribution in [-0.2, 0) is 17.8 Å². The second-order valence-corrected chi connectivity index (χ2v) is 7.28. The molecule has 0 aliphatic rings. The summed E-state index contributed by atoms with van der Waals surface area (Å²) in [5, 5.41) is 7.01. The molecule has 0 atom stereocenters. The zero-order valence-electron chi connectivity index (χ0n) is 14.1. The summed E-state index contributed by atoms with van der Waals surface area (Å²) in [7, 11) is 0. The Kier molecular flexibility index (Phi) is 5.95. The largest absolute Gasteiger partial charge is 0.326 e. The lowest BCUT2D eigenvalue weighted by molar-refractivity contribution is -0.115. The van der Waals surface area contributed by atoms with Crippen molar-refractivity contribution in [2.75, 3.05) is 5.32 Å². The average molecular weight is 447 g/mol. The Morgan fingerprint density at radius 3 is 2.42 bits per heavy atom. The molecule has 1 heterocycles. The predicted octanol–water partition coefficient (Wildman–Crippen LogP) is 4.22. The van der Waals surface area contributed by atoms with Crippen molar-refractivity contribution in [1.29, 1.82) is 0 Å². The van der Waals surface area contributed by atoms with E-state index in [0.717, 1.165) is 35.6 Å². The third-order valence-corrected chi connectivity index (χ3v) is 4.70. The Hall–Kier alpha value is -1.51. The van der Waals surface area contributed by atoms with Gasteiger partial charge in [0.1, 0.15) is 11.6 Å². The van der Waals surface area contributed by atoms with Crippen LogP contribution in [0.3, 0.4) is 0 Å². The zero-order chi connectivity index (χ0) is 18.0. The molecule has 0 fully saturated rings. The van der Waals surface area contributed by atoms with Crippen LogP contribution in [0.25, 0.3) is 0 Å². The Morgan fingerprint density at radius 1 is 1.29 bits per heavy atom. The minimum absolute atomic E-state index is 0.0905. The van der Waals surface area contributed by atoms with E-state index >= 15 is 0 Å². The van der Waals surface area contributed by atoms with E-state index in [0.29, 0.717) is 5.92 Å². The van der Waals surface area contributed by atoms with Gasteiger partial charge in [0.2, 0.25) is 5.91 Å². The number of hydrogen-bond acceptors (Lipinski definition) is 2. The van der Waals surface area contributed by atoms with Crippen LogP contribution in [-0.4, -0.2) is 15.7 Å². The summed E-state index contributed by atoms with van der Waals surface area (Å²) >= 11 is 1.58. The third kappa shape index (κ3) is 4.31. The van der Waals surface area contributed by atoms with E-state index in [4.69, 9.17) is 0 Å². The topological polar surface area (TPSA) is 46.9 Å². The van der Waals surface area contributed by atoms with Crippen molar-refractivity contribution in [2.45, 2.75) is 40.7 Å². The molecule has 1 aromatic carbocycles. The lowest BCUT2D eigenvalue weighted by Gasteiger charge is -2.09. The van der Waals surface area contributed by atoms with Crippen molar-refractivity contribution in [1.82, 2.24) is 9.78 Å². The monoisotopic (exact) mass is 447 g/mol. The number of benzene rings is 1. The molecule has 0 unspecified atom stereocenters. The summed E-state index contributed by atoms with van der Waals surface area (Å²) < 4.78 is 28.9. The molecule has 7 heteroatoms. The number of carbonyl (C=O) groups excluding carboxylic acids is 1. The number of carbonyl (C=O) groups is 1. The molecule has 2 rings (SSSR count). The maximum absolute atomic E-state index is 13.6. The summed E-state index contributed by atoms with van der Waals surface area (Å²) in [6.07, 6.45) is 0.116. The zero-order valence-corrected chi connectivity index (χ0v) is 16.2. The molecule has 1 amide bonds. The van der Waals surface area contributed by atoms with Crippen molar-refractivity contribution in [3.63, 3.8) is 0 Å². The summed E-state index contributed by atoms with van der Waals surface area (Å²) in [5.74, 6) is -1.27. The molecular weight excluding hydrogens is 427 g/mol. The predicted molar refractivity (Wildman–Crippen MR) is 97.9 cm³/mol. The first-order valence-corrected chi connectivity index (χ1v) is 8.74. The van der Waals surface area contributed by atoms with Crippen LogP contribution < -0.4 is 5.32 Å². The van der Waals surface area contributed by atoms with E-state index in [2.05, 4.69) is 24.3 Å². The van der Waals surface area contributed by atoms with Crippen LogP contribution in [0.1, 0.15) is 30.8 Å². The van der Waals surface area contributed by atoms with Gasteiger partial charge in [-0.15, -0.1) is 0 Å². The molecule has 24 heavy (non-hydrogen) atoms. The fourth-order valence-corrected chi connectivity index (χ4v) is 2.82. The summed E-state index contributed by atoms with van der Waals surface area (Å²) in [4.78, 5) is 12.2. The highest BCUT2D eigenvalue weighted by Gasteiger charge is 2.16. The van der Waals surface area contributed by atoms with Crippen molar-refractivity contribution in [3.8, 4) is 0 Å². The van der Waals surface area contributed by atoms with Gasteiger partial charge in [-0.25, -0.2) is 8.78 Å². The normalized spacial score (nSPS) is 11.2. The van der Waals surface area contributed by atoms with E-state index in [1.165, 1.54) is 0 Å². The number of hydrogen-bond donors (Lipinski definition) is 1. The molecule has 0 saturated heterocycles. The first-order chi connectivity index (χ1) is 11.2. The van der Waals surface area contributed by atoms with Gasteiger partial charge in [-0.1, -0.05) is 13.8 Å². The Morgan fingerprint density at radius 2 is 1.88 bits per heavy atom. The van der Waals surface area contributed by atoms with Crippen LogP contribution in [0.15, 0.2) is 12.1 Å². The molecule has 0 radical (unpaired) electrons. The number of aromatic nitrogens is 2. The third-order valence-electron chi connectivity index (χ3n) is 3.67. The number of amides is 1. The molecule has 0 spiro atoms. The number of aryl methyl sites for hydroxylation is 1. The SMILES string of the molecule is Cc1nn(CC(C)C)c(C)c1CC(=O)Nc1cc(F)c(I)c(F)c1. The highest BCUT2D eigenvalue weighted by atomic mass is 127. The molecule has 130 valence electrons. The van der Waals surface area contributed by atoms with Gasteiger partial charge < -0.3 is 5.32 Å². The van der Waals surface area contributed by atoms with E-state index in [-0.39, 0.29) is 21.6 Å². The lowest BCUT2D eigenvalue weighted by atomic mass is 10.1. The molecule has 2 aromatic rings.